The SMILES string of the molecule is CC1CCN(C(=O)Cc2cccc(F)c2F)CC1Cl. The molecule has 19 heavy (non-hydrogen) atoms. The molecule has 1 amide bonds. The van der Waals surface area contributed by atoms with E-state index in [1.807, 2.05) is 6.92 Å². The van der Waals surface area contributed by atoms with Crippen molar-refractivity contribution >= 4 is 17.5 Å². The van der Waals surface area contributed by atoms with Gasteiger partial charge in [0.25, 0.3) is 0 Å². The Balaban J connectivity index is 2.03. The molecule has 0 radical (unpaired) electrons. The van der Waals surface area contributed by atoms with Crippen molar-refractivity contribution in [2.45, 2.75) is 25.1 Å². The molecule has 5 heteroatoms. The number of amides is 1. The van der Waals surface area contributed by atoms with Gasteiger partial charge in [0.2, 0.25) is 5.91 Å². The van der Waals surface area contributed by atoms with Crippen molar-refractivity contribution in [1.29, 1.82) is 0 Å². The summed E-state index contributed by atoms with van der Waals surface area (Å²) >= 11 is 6.14. The maximum atomic E-state index is 13.5. The second-order valence-corrected chi connectivity index (χ2v) is 5.57. The highest BCUT2D eigenvalue weighted by Crippen LogP contribution is 2.22. The van der Waals surface area contributed by atoms with Gasteiger partial charge in [0.15, 0.2) is 11.6 Å². The first-order valence-electron chi connectivity index (χ1n) is 6.33. The Morgan fingerprint density at radius 2 is 2.21 bits per heavy atom. The van der Waals surface area contributed by atoms with Gasteiger partial charge in [-0.25, -0.2) is 8.78 Å². The second-order valence-electron chi connectivity index (χ2n) is 5.01. The number of rotatable bonds is 2. The van der Waals surface area contributed by atoms with Crippen LogP contribution in [-0.4, -0.2) is 29.3 Å². The van der Waals surface area contributed by atoms with Gasteiger partial charge in [0.05, 0.1) is 11.8 Å². The lowest BCUT2D eigenvalue weighted by molar-refractivity contribution is -0.131. The van der Waals surface area contributed by atoms with Gasteiger partial charge in [-0.2, -0.15) is 0 Å². The minimum Gasteiger partial charge on any atom is -0.341 e. The Morgan fingerprint density at radius 3 is 2.89 bits per heavy atom. The van der Waals surface area contributed by atoms with Crippen molar-refractivity contribution < 1.29 is 13.6 Å². The van der Waals surface area contributed by atoms with Crippen LogP contribution in [0.5, 0.6) is 0 Å². The van der Waals surface area contributed by atoms with E-state index in [0.717, 1.165) is 12.5 Å². The molecule has 1 aromatic rings. The molecule has 2 unspecified atom stereocenters. The molecule has 1 fully saturated rings. The number of carbonyl (C=O) groups excluding carboxylic acids is 1. The Kier molecular flexibility index (Phi) is 4.40. The Hall–Kier alpha value is -1.16. The third-order valence-electron chi connectivity index (χ3n) is 3.59. The number of hydrogen-bond donors (Lipinski definition) is 0. The predicted octanol–water partition coefficient (Wildman–Crippen LogP) is 2.98. The van der Waals surface area contributed by atoms with E-state index in [1.54, 1.807) is 4.90 Å². The molecule has 2 rings (SSSR count). The lowest BCUT2D eigenvalue weighted by Crippen LogP contribution is -2.44. The quantitative estimate of drug-likeness (QED) is 0.766. The van der Waals surface area contributed by atoms with Crippen LogP contribution in [0.3, 0.4) is 0 Å². The van der Waals surface area contributed by atoms with E-state index in [9.17, 15) is 13.6 Å². The number of benzene rings is 1. The van der Waals surface area contributed by atoms with Gasteiger partial charge in [-0.05, 0) is 18.4 Å². The molecule has 0 aromatic heterocycles. The normalized spacial score (nSPS) is 23.5. The molecule has 0 saturated carbocycles. The van der Waals surface area contributed by atoms with Gasteiger partial charge in [0, 0.05) is 18.7 Å². The largest absolute Gasteiger partial charge is 0.341 e. The van der Waals surface area contributed by atoms with Crippen molar-refractivity contribution in [1.82, 2.24) is 4.90 Å². The molecule has 104 valence electrons. The van der Waals surface area contributed by atoms with Crippen LogP contribution >= 0.6 is 11.6 Å². The fourth-order valence-corrected chi connectivity index (χ4v) is 2.50. The van der Waals surface area contributed by atoms with Crippen LogP contribution in [0.1, 0.15) is 18.9 Å². The first-order valence-corrected chi connectivity index (χ1v) is 6.77. The molecule has 1 aromatic carbocycles. The Bertz CT molecular complexity index is 481. The summed E-state index contributed by atoms with van der Waals surface area (Å²) in [6, 6.07) is 3.88. The minimum atomic E-state index is -0.941. The van der Waals surface area contributed by atoms with Crippen LogP contribution < -0.4 is 0 Å². The summed E-state index contributed by atoms with van der Waals surface area (Å²) in [5.41, 5.74) is 0.0924. The molecule has 1 heterocycles. The van der Waals surface area contributed by atoms with Crippen molar-refractivity contribution in [3.05, 3.63) is 35.4 Å². The lowest BCUT2D eigenvalue weighted by atomic mass is 9.98. The number of likely N-dealkylation sites (tertiary alicyclic amines) is 1. The zero-order valence-corrected chi connectivity index (χ0v) is 11.5. The van der Waals surface area contributed by atoms with E-state index < -0.39 is 11.6 Å². The molecular formula is C14H16ClF2NO. The van der Waals surface area contributed by atoms with E-state index >= 15 is 0 Å². The van der Waals surface area contributed by atoms with Crippen molar-refractivity contribution in [2.24, 2.45) is 5.92 Å². The third-order valence-corrected chi connectivity index (χ3v) is 4.16. The van der Waals surface area contributed by atoms with Crippen molar-refractivity contribution in [3.63, 3.8) is 0 Å². The number of hydrogen-bond acceptors (Lipinski definition) is 1. The van der Waals surface area contributed by atoms with Gasteiger partial charge in [-0.1, -0.05) is 19.1 Å². The number of halogens is 3. The van der Waals surface area contributed by atoms with Crippen LogP contribution in [-0.2, 0) is 11.2 Å². The Morgan fingerprint density at radius 1 is 1.47 bits per heavy atom. The van der Waals surface area contributed by atoms with E-state index in [2.05, 4.69) is 0 Å². The van der Waals surface area contributed by atoms with Crippen LogP contribution in [0, 0.1) is 17.6 Å². The number of alkyl halides is 1. The number of piperidine rings is 1. The lowest BCUT2D eigenvalue weighted by Gasteiger charge is -2.34. The molecule has 1 aliphatic heterocycles. The van der Waals surface area contributed by atoms with Crippen LogP contribution in [0.25, 0.3) is 0 Å². The highest BCUT2D eigenvalue weighted by atomic mass is 35.5. The standard InChI is InChI=1S/C14H16ClF2NO/c1-9-5-6-18(8-11(9)15)13(19)7-10-3-2-4-12(16)14(10)17/h2-4,9,11H,5-8H2,1H3. The minimum absolute atomic E-state index is 0.0740. The fraction of sp³-hybridized carbons (Fsp3) is 0.500. The van der Waals surface area contributed by atoms with E-state index in [0.29, 0.717) is 19.0 Å². The molecule has 1 aliphatic rings. The summed E-state index contributed by atoms with van der Waals surface area (Å²) in [7, 11) is 0. The predicted molar refractivity (Wildman–Crippen MR) is 70.1 cm³/mol. The van der Waals surface area contributed by atoms with Gasteiger partial charge < -0.3 is 4.90 Å². The first-order chi connectivity index (χ1) is 8.99. The summed E-state index contributed by atoms with van der Waals surface area (Å²) < 4.78 is 26.6. The molecule has 1 saturated heterocycles. The average molecular weight is 288 g/mol. The fourth-order valence-electron chi connectivity index (χ4n) is 2.21. The maximum Gasteiger partial charge on any atom is 0.227 e. The van der Waals surface area contributed by atoms with E-state index in [4.69, 9.17) is 11.6 Å². The van der Waals surface area contributed by atoms with Crippen molar-refractivity contribution in [3.8, 4) is 0 Å². The monoisotopic (exact) mass is 287 g/mol. The zero-order valence-electron chi connectivity index (χ0n) is 10.7. The van der Waals surface area contributed by atoms with Gasteiger partial charge >= 0.3 is 0 Å². The van der Waals surface area contributed by atoms with Crippen LogP contribution in [0.2, 0.25) is 0 Å². The second kappa shape index (κ2) is 5.87. The third kappa shape index (κ3) is 3.24. The van der Waals surface area contributed by atoms with Gasteiger partial charge in [0.1, 0.15) is 0 Å². The van der Waals surface area contributed by atoms with E-state index in [-0.39, 0.29) is 23.3 Å². The first kappa shape index (κ1) is 14.3. The highest BCUT2D eigenvalue weighted by molar-refractivity contribution is 6.21. The average Bonchev–Trinajstić information content (AvgIpc) is 2.38. The number of carbonyl (C=O) groups is 1. The molecule has 2 nitrogen and oxygen atoms in total. The zero-order chi connectivity index (χ0) is 14.0. The topological polar surface area (TPSA) is 20.3 Å². The summed E-state index contributed by atoms with van der Waals surface area (Å²) in [6.07, 6.45) is 0.715. The maximum absolute atomic E-state index is 13.5. The summed E-state index contributed by atoms with van der Waals surface area (Å²) in [4.78, 5) is 13.7. The van der Waals surface area contributed by atoms with E-state index in [1.165, 1.54) is 12.1 Å². The summed E-state index contributed by atoms with van der Waals surface area (Å²) in [5, 5.41) is -0.0740. The Labute approximate surface area is 116 Å². The molecular weight excluding hydrogens is 272 g/mol. The summed E-state index contributed by atoms with van der Waals surface area (Å²) in [6.45, 7) is 3.14. The van der Waals surface area contributed by atoms with Gasteiger partial charge in [-0.3, -0.25) is 4.79 Å². The summed E-state index contributed by atoms with van der Waals surface area (Å²) in [5.74, 6) is -1.70. The molecule has 0 N–H and O–H groups in total. The molecule has 0 aliphatic carbocycles. The highest BCUT2D eigenvalue weighted by Gasteiger charge is 2.27. The van der Waals surface area contributed by atoms with Crippen LogP contribution in [0.4, 0.5) is 8.78 Å². The smallest absolute Gasteiger partial charge is 0.227 e. The molecule has 2 atom stereocenters. The van der Waals surface area contributed by atoms with Crippen LogP contribution in [0.15, 0.2) is 18.2 Å². The number of nitrogens with zero attached hydrogens (tertiary/aromatic N) is 1. The molecule has 0 spiro atoms. The van der Waals surface area contributed by atoms with Crippen molar-refractivity contribution in [2.75, 3.05) is 13.1 Å². The molecule has 0 bridgehead atoms. The van der Waals surface area contributed by atoms with Gasteiger partial charge in [-0.15, -0.1) is 11.6 Å².